The van der Waals surface area contributed by atoms with Gasteiger partial charge in [0.1, 0.15) is 19.3 Å². The lowest BCUT2D eigenvalue weighted by Gasteiger charge is -2.21. The molecule has 94 heavy (non-hydrogen) atoms. The molecule has 3 N–H and O–H groups in total. The number of phosphoric ester groups is 2. The van der Waals surface area contributed by atoms with Crippen LogP contribution in [0.3, 0.4) is 0 Å². The molecule has 0 aliphatic rings. The highest BCUT2D eigenvalue weighted by Gasteiger charge is 2.30. The van der Waals surface area contributed by atoms with Crippen LogP contribution in [0, 0.1) is 23.7 Å². The fourth-order valence-electron chi connectivity index (χ4n) is 11.4. The molecule has 0 amide bonds. The smallest absolute Gasteiger partial charge is 0.462 e. The molecule has 17 nitrogen and oxygen atoms in total. The number of phosphoric acid groups is 2. The van der Waals surface area contributed by atoms with Gasteiger partial charge in [-0.1, -0.05) is 325 Å². The normalized spacial score (nSPS) is 14.2. The lowest BCUT2D eigenvalue weighted by Crippen LogP contribution is -2.30. The summed E-state index contributed by atoms with van der Waals surface area (Å²) in [6, 6.07) is 0. The molecule has 0 bridgehead atoms. The topological polar surface area (TPSA) is 237 Å². The van der Waals surface area contributed by atoms with E-state index in [9.17, 15) is 43.2 Å². The summed E-state index contributed by atoms with van der Waals surface area (Å²) in [6.07, 6.45) is 48.6. The first-order valence-electron chi connectivity index (χ1n) is 38.7. The van der Waals surface area contributed by atoms with Crippen LogP contribution in [0.25, 0.3) is 0 Å². The highest BCUT2D eigenvalue weighted by Crippen LogP contribution is 2.45. The molecular formula is C75H146O17P2. The van der Waals surface area contributed by atoms with Crippen LogP contribution in [-0.2, 0) is 65.4 Å². The zero-order valence-electron chi connectivity index (χ0n) is 61.6. The fourth-order valence-corrected chi connectivity index (χ4v) is 13.0. The van der Waals surface area contributed by atoms with E-state index in [0.717, 1.165) is 114 Å². The maximum atomic E-state index is 13.1. The molecule has 0 spiro atoms. The lowest BCUT2D eigenvalue weighted by molar-refractivity contribution is -0.161. The van der Waals surface area contributed by atoms with E-state index in [2.05, 4.69) is 55.4 Å². The van der Waals surface area contributed by atoms with Crippen LogP contribution in [0.1, 0.15) is 376 Å². The monoisotopic (exact) mass is 1380 g/mol. The van der Waals surface area contributed by atoms with Gasteiger partial charge >= 0.3 is 39.5 Å². The molecule has 0 aliphatic carbocycles. The van der Waals surface area contributed by atoms with Crippen LogP contribution in [0.5, 0.6) is 0 Å². The molecule has 3 unspecified atom stereocenters. The van der Waals surface area contributed by atoms with E-state index in [1.807, 2.05) is 0 Å². The molecule has 0 aliphatic heterocycles. The van der Waals surface area contributed by atoms with Crippen molar-refractivity contribution in [3.05, 3.63) is 0 Å². The van der Waals surface area contributed by atoms with Crippen LogP contribution in [0.4, 0.5) is 0 Å². The summed E-state index contributed by atoms with van der Waals surface area (Å²) in [5.74, 6) is 0.898. The Hall–Kier alpha value is -1.94. The van der Waals surface area contributed by atoms with Gasteiger partial charge in [0.05, 0.1) is 26.4 Å². The van der Waals surface area contributed by atoms with Crippen molar-refractivity contribution in [2.45, 2.75) is 395 Å². The highest BCUT2D eigenvalue weighted by atomic mass is 31.2. The van der Waals surface area contributed by atoms with Crippen molar-refractivity contribution in [1.29, 1.82) is 0 Å². The minimum Gasteiger partial charge on any atom is -0.462 e. The lowest BCUT2D eigenvalue weighted by atomic mass is 10.0. The average molecular weight is 1380 g/mol. The molecule has 0 heterocycles. The second kappa shape index (κ2) is 64.4. The minimum absolute atomic E-state index is 0.106. The molecule has 558 valence electrons. The van der Waals surface area contributed by atoms with E-state index in [1.54, 1.807) is 0 Å². The number of hydrogen-bond donors (Lipinski definition) is 3. The van der Waals surface area contributed by atoms with Crippen LogP contribution < -0.4 is 0 Å². The van der Waals surface area contributed by atoms with Crippen molar-refractivity contribution in [3.8, 4) is 0 Å². The number of unbranched alkanes of at least 4 members (excludes halogenated alkanes) is 38. The number of carbonyl (C=O) groups excluding carboxylic acids is 4. The van der Waals surface area contributed by atoms with E-state index < -0.39 is 97.5 Å². The number of hydrogen-bond acceptors (Lipinski definition) is 15. The third-order valence-electron chi connectivity index (χ3n) is 17.3. The highest BCUT2D eigenvalue weighted by molar-refractivity contribution is 7.47. The van der Waals surface area contributed by atoms with Crippen LogP contribution in [-0.4, -0.2) is 96.7 Å². The van der Waals surface area contributed by atoms with Gasteiger partial charge in [-0.3, -0.25) is 37.3 Å². The molecule has 5 atom stereocenters. The second-order valence-corrected chi connectivity index (χ2v) is 31.9. The molecule has 19 heteroatoms. The molecule has 0 saturated carbocycles. The van der Waals surface area contributed by atoms with Crippen molar-refractivity contribution >= 4 is 39.5 Å². The van der Waals surface area contributed by atoms with Crippen LogP contribution >= 0.6 is 15.6 Å². The van der Waals surface area contributed by atoms with Gasteiger partial charge in [0.25, 0.3) is 0 Å². The second-order valence-electron chi connectivity index (χ2n) is 28.9. The van der Waals surface area contributed by atoms with Gasteiger partial charge < -0.3 is 33.8 Å². The molecule has 0 aromatic rings. The van der Waals surface area contributed by atoms with E-state index in [1.165, 1.54) is 173 Å². The number of esters is 4. The molecule has 0 saturated heterocycles. The Kier molecular flexibility index (Phi) is 63.1. The van der Waals surface area contributed by atoms with Crippen molar-refractivity contribution < 1.29 is 80.2 Å². The van der Waals surface area contributed by atoms with Gasteiger partial charge in [0.15, 0.2) is 12.2 Å². The zero-order valence-corrected chi connectivity index (χ0v) is 63.4. The quantitative estimate of drug-likeness (QED) is 0.0222. The summed E-state index contributed by atoms with van der Waals surface area (Å²) in [4.78, 5) is 72.8. The summed E-state index contributed by atoms with van der Waals surface area (Å²) in [7, 11) is -9.91. The molecular weight excluding hydrogens is 1230 g/mol. The summed E-state index contributed by atoms with van der Waals surface area (Å²) >= 11 is 0. The summed E-state index contributed by atoms with van der Waals surface area (Å²) in [5.41, 5.74) is 0. The number of rotatable bonds is 72. The summed E-state index contributed by atoms with van der Waals surface area (Å²) in [5, 5.41) is 10.6. The van der Waals surface area contributed by atoms with Crippen molar-refractivity contribution in [2.75, 3.05) is 39.6 Å². The molecule has 0 fully saturated rings. The molecule has 0 aromatic carbocycles. The van der Waals surface area contributed by atoms with Gasteiger partial charge in [-0.2, -0.15) is 0 Å². The number of ether oxygens (including phenoxy) is 4. The Morgan fingerprint density at radius 3 is 0.660 bits per heavy atom. The van der Waals surface area contributed by atoms with Gasteiger partial charge in [-0.15, -0.1) is 0 Å². The zero-order chi connectivity index (χ0) is 69.6. The van der Waals surface area contributed by atoms with Crippen molar-refractivity contribution in [1.82, 2.24) is 0 Å². The first kappa shape index (κ1) is 92.1. The van der Waals surface area contributed by atoms with Crippen LogP contribution in [0.2, 0.25) is 0 Å². The number of carbonyl (C=O) groups is 4. The largest absolute Gasteiger partial charge is 0.472 e. The van der Waals surface area contributed by atoms with Crippen molar-refractivity contribution in [2.24, 2.45) is 23.7 Å². The van der Waals surface area contributed by atoms with E-state index in [4.69, 9.17) is 37.0 Å². The Morgan fingerprint density at radius 1 is 0.266 bits per heavy atom. The van der Waals surface area contributed by atoms with E-state index in [0.29, 0.717) is 31.6 Å². The van der Waals surface area contributed by atoms with Crippen molar-refractivity contribution in [3.63, 3.8) is 0 Å². The van der Waals surface area contributed by atoms with Gasteiger partial charge in [-0.05, 0) is 49.4 Å². The van der Waals surface area contributed by atoms with E-state index >= 15 is 0 Å². The SMILES string of the molecule is CC(C)CCCCCCCCCCCCCCCCC(=O)O[C@H](COC(=O)CCCCCCCCCCCC(C)C)COP(=O)(O)OCC(O)COP(=O)(O)OC[C@@H](COC(=O)CCCCCCCCCC(C)C)OC(=O)CCCCCCCCCCCCCCC(C)C. The summed E-state index contributed by atoms with van der Waals surface area (Å²) in [6.45, 7) is 14.2. The Labute approximate surface area is 575 Å². The van der Waals surface area contributed by atoms with Crippen LogP contribution in [0.15, 0.2) is 0 Å². The first-order chi connectivity index (χ1) is 45.1. The third-order valence-corrected chi connectivity index (χ3v) is 19.2. The summed E-state index contributed by atoms with van der Waals surface area (Å²) < 4.78 is 68.5. The Balaban J connectivity index is 5.25. The Bertz CT molecular complexity index is 1850. The predicted molar refractivity (Wildman–Crippen MR) is 381 cm³/mol. The van der Waals surface area contributed by atoms with E-state index in [-0.39, 0.29) is 25.7 Å². The molecule has 0 aromatic heterocycles. The van der Waals surface area contributed by atoms with Gasteiger partial charge in [-0.25, -0.2) is 9.13 Å². The maximum Gasteiger partial charge on any atom is 0.472 e. The Morgan fingerprint density at radius 2 is 0.447 bits per heavy atom. The predicted octanol–water partition coefficient (Wildman–Crippen LogP) is 21.7. The number of aliphatic hydroxyl groups excluding tert-OH is 1. The molecule has 0 radical (unpaired) electrons. The minimum atomic E-state index is -4.96. The maximum absolute atomic E-state index is 13.1. The fraction of sp³-hybridized carbons (Fsp3) is 0.947. The number of aliphatic hydroxyl groups is 1. The third kappa shape index (κ3) is 68.6. The average Bonchev–Trinajstić information content (AvgIpc) is 1.73. The van der Waals surface area contributed by atoms with Gasteiger partial charge in [0, 0.05) is 25.7 Å². The first-order valence-corrected chi connectivity index (χ1v) is 41.7. The van der Waals surface area contributed by atoms with Gasteiger partial charge in [0.2, 0.25) is 0 Å². The standard InChI is InChI=1S/C75H146O17P2/c1-65(2)51-43-35-27-20-15-11-9-10-12-17-23-32-41-49-57-74(79)91-70(61-85-72(77)55-47-39-31-25-19-22-29-37-45-53-67(5)6)63-89-93(81,82)87-59-69(76)60-88-94(83,84)90-64-71(62-86-73(78)56-48-40-34-26-30-38-46-54-68(7)8)92-75(80)58-50-42-33-24-18-14-13-16-21-28-36-44-52-66(3)4/h65-71,76H,9-64H2,1-8H3,(H,81,82)(H,83,84)/t69?,70-,71-/m1/s1. The molecule has 0 rings (SSSR count).